The number of hydrogen-bond acceptors (Lipinski definition) is 5. The monoisotopic (exact) mass is 350 g/mol. The molecule has 0 unspecified atom stereocenters. The Kier molecular flexibility index (Phi) is 4.52. The van der Waals surface area contributed by atoms with Gasteiger partial charge in [-0.1, -0.05) is 29.8 Å². The number of para-hydroxylation sites is 1. The van der Waals surface area contributed by atoms with E-state index < -0.39 is 12.6 Å². The van der Waals surface area contributed by atoms with Crippen molar-refractivity contribution >= 4 is 29.5 Å². The average molecular weight is 351 g/mol. The van der Waals surface area contributed by atoms with Gasteiger partial charge >= 0.3 is 12.6 Å². The van der Waals surface area contributed by atoms with Crippen molar-refractivity contribution in [3.63, 3.8) is 0 Å². The second kappa shape index (κ2) is 6.76. The first-order valence-corrected chi connectivity index (χ1v) is 7.09. The van der Waals surface area contributed by atoms with Gasteiger partial charge in [-0.3, -0.25) is 4.98 Å². The maximum absolute atomic E-state index is 12.4. The summed E-state index contributed by atoms with van der Waals surface area (Å²) in [7, 11) is 0. The Hall–Kier alpha value is -2.80. The summed E-state index contributed by atoms with van der Waals surface area (Å²) in [5.41, 5.74) is 0.502. The molecule has 0 radical (unpaired) electrons. The number of halogens is 3. The minimum absolute atomic E-state index is 0.0130. The summed E-state index contributed by atoms with van der Waals surface area (Å²) in [6.45, 7) is -2.98. The van der Waals surface area contributed by atoms with Gasteiger partial charge in [-0.05, 0) is 24.3 Å². The number of alkyl halides is 2. The second-order valence-electron chi connectivity index (χ2n) is 4.61. The number of rotatable bonds is 4. The Bertz CT molecular complexity index is 853. The zero-order valence-electron chi connectivity index (χ0n) is 11.9. The fraction of sp³-hybridized carbons (Fsp3) is 0.0625. The molecular formula is C16H9ClF2N2O3. The van der Waals surface area contributed by atoms with E-state index in [0.29, 0.717) is 5.02 Å². The molecule has 24 heavy (non-hydrogen) atoms. The molecule has 1 aromatic carbocycles. The van der Waals surface area contributed by atoms with Crippen LogP contribution in [0.1, 0.15) is 11.3 Å². The molecule has 0 N–H and O–H groups in total. The fourth-order valence-corrected chi connectivity index (χ4v) is 2.15. The van der Waals surface area contributed by atoms with Gasteiger partial charge in [0.15, 0.2) is 5.70 Å². The number of cyclic esters (lactones) is 1. The molecule has 122 valence electrons. The van der Waals surface area contributed by atoms with Gasteiger partial charge in [-0.15, -0.1) is 0 Å². The van der Waals surface area contributed by atoms with Gasteiger partial charge in [-0.2, -0.15) is 8.78 Å². The summed E-state index contributed by atoms with van der Waals surface area (Å²) in [6, 6.07) is 9.10. The summed E-state index contributed by atoms with van der Waals surface area (Å²) < 4.78 is 34.3. The molecule has 0 atom stereocenters. The molecule has 1 aliphatic rings. The third-order valence-electron chi connectivity index (χ3n) is 2.99. The first kappa shape index (κ1) is 16.1. The van der Waals surface area contributed by atoms with Crippen LogP contribution >= 0.6 is 11.6 Å². The maximum atomic E-state index is 12.4. The average Bonchev–Trinajstić information content (AvgIpc) is 2.90. The topological polar surface area (TPSA) is 60.8 Å². The molecule has 0 amide bonds. The first-order chi connectivity index (χ1) is 11.5. The van der Waals surface area contributed by atoms with Gasteiger partial charge in [-0.25, -0.2) is 9.79 Å². The van der Waals surface area contributed by atoms with E-state index in [1.54, 1.807) is 12.1 Å². The number of carbonyl (C=O) groups is 1. The smallest absolute Gasteiger partial charge is 0.387 e. The highest BCUT2D eigenvalue weighted by molar-refractivity contribution is 6.31. The van der Waals surface area contributed by atoms with Gasteiger partial charge in [0.25, 0.3) is 0 Å². The molecule has 0 aliphatic carbocycles. The van der Waals surface area contributed by atoms with Gasteiger partial charge in [0.1, 0.15) is 11.4 Å². The Balaban J connectivity index is 1.95. The van der Waals surface area contributed by atoms with Crippen LogP contribution in [0.2, 0.25) is 5.02 Å². The van der Waals surface area contributed by atoms with Gasteiger partial charge in [0.05, 0.1) is 0 Å². The van der Waals surface area contributed by atoms with Crippen LogP contribution in [-0.4, -0.2) is 23.5 Å². The Morgan fingerprint density at radius 2 is 2.04 bits per heavy atom. The van der Waals surface area contributed by atoms with E-state index in [2.05, 4.69) is 14.7 Å². The van der Waals surface area contributed by atoms with Crippen LogP contribution in [0.25, 0.3) is 6.08 Å². The number of carbonyl (C=O) groups excluding carboxylic acids is 1. The van der Waals surface area contributed by atoms with E-state index >= 15 is 0 Å². The number of aliphatic imine (C=N–C) groups is 1. The molecule has 1 aliphatic heterocycles. The minimum atomic E-state index is -2.98. The summed E-state index contributed by atoms with van der Waals surface area (Å²) in [6.07, 6.45) is 2.75. The summed E-state index contributed by atoms with van der Waals surface area (Å²) >= 11 is 5.86. The third kappa shape index (κ3) is 3.57. The molecule has 3 rings (SSSR count). The Morgan fingerprint density at radius 1 is 1.25 bits per heavy atom. The van der Waals surface area contributed by atoms with Crippen LogP contribution in [0.3, 0.4) is 0 Å². The van der Waals surface area contributed by atoms with E-state index in [1.165, 1.54) is 36.5 Å². The van der Waals surface area contributed by atoms with Crippen molar-refractivity contribution in [2.75, 3.05) is 0 Å². The highest BCUT2D eigenvalue weighted by Crippen LogP contribution is 2.25. The highest BCUT2D eigenvalue weighted by atomic mass is 35.5. The first-order valence-electron chi connectivity index (χ1n) is 6.71. The van der Waals surface area contributed by atoms with Crippen molar-refractivity contribution < 1.29 is 23.0 Å². The lowest BCUT2D eigenvalue weighted by molar-refractivity contribution is -0.129. The lowest BCUT2D eigenvalue weighted by atomic mass is 10.1. The largest absolute Gasteiger partial charge is 0.434 e. The quantitative estimate of drug-likeness (QED) is 0.623. The number of hydrogen-bond donors (Lipinski definition) is 0. The SMILES string of the molecule is O=C1OC(c2cc(Cl)ccn2)=N/C1=C\c1ccccc1OC(F)F. The molecule has 2 heterocycles. The second-order valence-corrected chi connectivity index (χ2v) is 5.05. The van der Waals surface area contributed by atoms with Gasteiger partial charge in [0, 0.05) is 16.8 Å². The van der Waals surface area contributed by atoms with E-state index in [-0.39, 0.29) is 28.6 Å². The van der Waals surface area contributed by atoms with E-state index in [1.807, 2.05) is 0 Å². The van der Waals surface area contributed by atoms with Crippen molar-refractivity contribution in [2.24, 2.45) is 4.99 Å². The Morgan fingerprint density at radius 3 is 2.79 bits per heavy atom. The molecule has 0 saturated carbocycles. The van der Waals surface area contributed by atoms with Crippen molar-refractivity contribution in [1.29, 1.82) is 0 Å². The lowest BCUT2D eigenvalue weighted by Crippen LogP contribution is -2.07. The fourth-order valence-electron chi connectivity index (χ4n) is 1.99. The Labute approximate surface area is 140 Å². The molecule has 1 aromatic heterocycles. The van der Waals surface area contributed by atoms with Gasteiger partial charge < -0.3 is 9.47 Å². The molecule has 0 saturated heterocycles. The van der Waals surface area contributed by atoms with Crippen molar-refractivity contribution in [3.8, 4) is 5.75 Å². The van der Waals surface area contributed by atoms with E-state index in [4.69, 9.17) is 16.3 Å². The zero-order chi connectivity index (χ0) is 17.1. The van der Waals surface area contributed by atoms with E-state index in [0.717, 1.165) is 0 Å². The number of aromatic nitrogens is 1. The normalized spacial score (nSPS) is 15.6. The standard InChI is InChI=1S/C16H9ClF2N2O3/c17-10-5-6-20-11(8-10)14-21-12(15(22)24-14)7-9-3-1-2-4-13(9)23-16(18)19/h1-8,16H/b12-7-. The molecule has 0 bridgehead atoms. The molecule has 5 nitrogen and oxygen atoms in total. The summed E-state index contributed by atoms with van der Waals surface area (Å²) in [4.78, 5) is 20.0. The highest BCUT2D eigenvalue weighted by Gasteiger charge is 2.25. The summed E-state index contributed by atoms with van der Waals surface area (Å²) in [5.74, 6) is -0.808. The van der Waals surface area contributed by atoms with Crippen LogP contribution in [-0.2, 0) is 9.53 Å². The number of pyridine rings is 1. The van der Waals surface area contributed by atoms with Crippen molar-refractivity contribution in [1.82, 2.24) is 4.98 Å². The van der Waals surface area contributed by atoms with E-state index in [9.17, 15) is 13.6 Å². The summed E-state index contributed by atoms with van der Waals surface area (Å²) in [5, 5.41) is 0.409. The van der Waals surface area contributed by atoms with Gasteiger partial charge in [0.2, 0.25) is 5.90 Å². The predicted molar refractivity (Wildman–Crippen MR) is 82.9 cm³/mol. The number of ether oxygens (including phenoxy) is 2. The third-order valence-corrected chi connectivity index (χ3v) is 3.22. The van der Waals surface area contributed by atoms with Crippen LogP contribution in [0, 0.1) is 0 Å². The zero-order valence-corrected chi connectivity index (χ0v) is 12.7. The maximum Gasteiger partial charge on any atom is 0.387 e. The molecular weight excluding hydrogens is 342 g/mol. The minimum Gasteiger partial charge on any atom is -0.434 e. The number of benzene rings is 1. The van der Waals surface area contributed by atoms with Crippen molar-refractivity contribution in [2.45, 2.75) is 6.61 Å². The molecule has 2 aromatic rings. The van der Waals surface area contributed by atoms with Crippen LogP contribution in [0.15, 0.2) is 53.3 Å². The van der Waals surface area contributed by atoms with Crippen LogP contribution < -0.4 is 4.74 Å². The lowest BCUT2D eigenvalue weighted by Gasteiger charge is -2.07. The number of esters is 1. The van der Waals surface area contributed by atoms with Crippen LogP contribution in [0.4, 0.5) is 8.78 Å². The number of nitrogens with zero attached hydrogens (tertiary/aromatic N) is 2. The van der Waals surface area contributed by atoms with Crippen molar-refractivity contribution in [3.05, 3.63) is 64.6 Å². The molecule has 0 fully saturated rings. The molecule has 0 spiro atoms. The molecule has 8 heteroatoms. The van der Waals surface area contributed by atoms with Crippen LogP contribution in [0.5, 0.6) is 5.75 Å². The predicted octanol–water partition coefficient (Wildman–Crippen LogP) is 3.68.